The van der Waals surface area contributed by atoms with E-state index in [-0.39, 0.29) is 5.91 Å². The van der Waals surface area contributed by atoms with Crippen LogP contribution >= 0.6 is 0 Å². The van der Waals surface area contributed by atoms with Gasteiger partial charge < -0.3 is 10.6 Å². The van der Waals surface area contributed by atoms with Gasteiger partial charge in [-0.05, 0) is 38.0 Å². The van der Waals surface area contributed by atoms with Gasteiger partial charge in [0, 0.05) is 25.2 Å². The Kier molecular flexibility index (Phi) is 4.83. The predicted molar refractivity (Wildman–Crippen MR) is 67.7 cm³/mol. The molecule has 0 bridgehead atoms. The van der Waals surface area contributed by atoms with Crippen molar-refractivity contribution >= 4 is 11.6 Å². The molecule has 1 rings (SSSR count). The van der Waals surface area contributed by atoms with Gasteiger partial charge in [-0.1, -0.05) is 12.1 Å². The molecule has 0 spiro atoms. The second kappa shape index (κ2) is 6.16. The van der Waals surface area contributed by atoms with Crippen LogP contribution in [0.3, 0.4) is 0 Å². The van der Waals surface area contributed by atoms with E-state index in [9.17, 15) is 4.79 Å². The second-order valence-corrected chi connectivity index (χ2v) is 3.88. The topological polar surface area (TPSA) is 41.1 Å². The number of nitrogens with one attached hydrogen (secondary N) is 2. The molecule has 2 N–H and O–H groups in total. The van der Waals surface area contributed by atoms with Crippen molar-refractivity contribution < 1.29 is 4.79 Å². The van der Waals surface area contributed by atoms with Gasteiger partial charge in [0.25, 0.3) is 0 Å². The number of hydrogen-bond acceptors (Lipinski definition) is 2. The number of benzene rings is 1. The van der Waals surface area contributed by atoms with Crippen LogP contribution in [0.2, 0.25) is 0 Å². The van der Waals surface area contributed by atoms with Crippen LogP contribution in [0, 0.1) is 13.8 Å². The molecule has 1 amide bonds. The van der Waals surface area contributed by atoms with E-state index < -0.39 is 0 Å². The highest BCUT2D eigenvalue weighted by atomic mass is 16.1. The van der Waals surface area contributed by atoms with Gasteiger partial charge in [-0.25, -0.2) is 0 Å². The maximum Gasteiger partial charge on any atom is 0.221 e. The molecule has 1 aromatic carbocycles. The van der Waals surface area contributed by atoms with Crippen molar-refractivity contribution in [2.45, 2.75) is 27.2 Å². The lowest BCUT2D eigenvalue weighted by molar-refractivity contribution is -0.120. The molecule has 0 aliphatic heterocycles. The van der Waals surface area contributed by atoms with Gasteiger partial charge in [0.2, 0.25) is 5.91 Å². The molecule has 3 heteroatoms. The Morgan fingerprint density at radius 2 is 2.06 bits per heavy atom. The van der Waals surface area contributed by atoms with Crippen LogP contribution in [-0.4, -0.2) is 19.0 Å². The molecular weight excluding hydrogens is 200 g/mol. The van der Waals surface area contributed by atoms with Crippen LogP contribution in [0.1, 0.15) is 24.5 Å². The van der Waals surface area contributed by atoms with Crippen LogP contribution in [0.25, 0.3) is 0 Å². The van der Waals surface area contributed by atoms with Gasteiger partial charge in [-0.2, -0.15) is 0 Å². The average molecular weight is 220 g/mol. The van der Waals surface area contributed by atoms with Gasteiger partial charge >= 0.3 is 0 Å². The van der Waals surface area contributed by atoms with Gasteiger partial charge in [0.15, 0.2) is 0 Å². The van der Waals surface area contributed by atoms with E-state index in [0.717, 1.165) is 5.69 Å². The quantitative estimate of drug-likeness (QED) is 0.799. The molecule has 88 valence electrons. The highest BCUT2D eigenvalue weighted by Gasteiger charge is 2.01. The van der Waals surface area contributed by atoms with Crippen LogP contribution < -0.4 is 10.6 Å². The molecule has 1 aromatic rings. The van der Waals surface area contributed by atoms with Crippen molar-refractivity contribution in [1.82, 2.24) is 5.32 Å². The minimum absolute atomic E-state index is 0.0975. The second-order valence-electron chi connectivity index (χ2n) is 3.88. The number of hydrogen-bond donors (Lipinski definition) is 2. The smallest absolute Gasteiger partial charge is 0.221 e. The SMILES string of the molecule is CCNC(=O)CCNc1cccc(C)c1C. The Morgan fingerprint density at radius 1 is 1.31 bits per heavy atom. The largest absolute Gasteiger partial charge is 0.384 e. The molecule has 0 radical (unpaired) electrons. The number of aryl methyl sites for hydroxylation is 1. The summed E-state index contributed by atoms with van der Waals surface area (Å²) in [6.45, 7) is 7.47. The van der Waals surface area contributed by atoms with Crippen molar-refractivity contribution in [3.63, 3.8) is 0 Å². The molecule has 0 heterocycles. The minimum Gasteiger partial charge on any atom is -0.384 e. The molecule has 0 saturated carbocycles. The summed E-state index contributed by atoms with van der Waals surface area (Å²) >= 11 is 0. The lowest BCUT2D eigenvalue weighted by atomic mass is 10.1. The fourth-order valence-electron chi connectivity index (χ4n) is 1.54. The fourth-order valence-corrected chi connectivity index (χ4v) is 1.54. The first-order chi connectivity index (χ1) is 7.65. The third-order valence-corrected chi connectivity index (χ3v) is 2.65. The van der Waals surface area contributed by atoms with E-state index in [1.807, 2.05) is 19.1 Å². The molecule has 0 saturated heterocycles. The third-order valence-electron chi connectivity index (χ3n) is 2.65. The summed E-state index contributed by atoms with van der Waals surface area (Å²) in [5.41, 5.74) is 3.63. The molecular formula is C13H20N2O. The minimum atomic E-state index is 0.0975. The predicted octanol–water partition coefficient (Wildman–Crippen LogP) is 2.24. The Morgan fingerprint density at radius 3 is 2.75 bits per heavy atom. The van der Waals surface area contributed by atoms with Crippen molar-refractivity contribution in [1.29, 1.82) is 0 Å². The summed E-state index contributed by atoms with van der Waals surface area (Å²) in [5, 5.41) is 6.06. The molecule has 0 unspecified atom stereocenters. The first kappa shape index (κ1) is 12.6. The Labute approximate surface area is 97.2 Å². The summed E-state index contributed by atoms with van der Waals surface area (Å²) < 4.78 is 0. The van der Waals surface area contributed by atoms with E-state index in [1.165, 1.54) is 11.1 Å². The third kappa shape index (κ3) is 3.57. The van der Waals surface area contributed by atoms with E-state index >= 15 is 0 Å². The maximum absolute atomic E-state index is 11.2. The van der Waals surface area contributed by atoms with Crippen LogP contribution in [0.4, 0.5) is 5.69 Å². The van der Waals surface area contributed by atoms with Crippen molar-refractivity contribution in [3.8, 4) is 0 Å². The number of carbonyl (C=O) groups is 1. The zero-order valence-electron chi connectivity index (χ0n) is 10.3. The Balaban J connectivity index is 2.43. The first-order valence-corrected chi connectivity index (χ1v) is 5.72. The van der Waals surface area contributed by atoms with E-state index in [2.05, 4.69) is 30.5 Å². The van der Waals surface area contributed by atoms with Gasteiger partial charge in [-0.15, -0.1) is 0 Å². The number of rotatable bonds is 5. The molecule has 0 aliphatic carbocycles. The van der Waals surface area contributed by atoms with Crippen LogP contribution in [0.5, 0.6) is 0 Å². The van der Waals surface area contributed by atoms with Crippen molar-refractivity contribution in [3.05, 3.63) is 29.3 Å². The summed E-state index contributed by atoms with van der Waals surface area (Å²) in [6.07, 6.45) is 0.515. The highest BCUT2D eigenvalue weighted by Crippen LogP contribution is 2.17. The zero-order chi connectivity index (χ0) is 12.0. The number of anilines is 1. The van der Waals surface area contributed by atoms with E-state index in [1.54, 1.807) is 0 Å². The first-order valence-electron chi connectivity index (χ1n) is 5.72. The Hall–Kier alpha value is -1.51. The van der Waals surface area contributed by atoms with E-state index in [4.69, 9.17) is 0 Å². The maximum atomic E-state index is 11.2. The van der Waals surface area contributed by atoms with Gasteiger partial charge in [0.1, 0.15) is 0 Å². The van der Waals surface area contributed by atoms with Gasteiger partial charge in [-0.3, -0.25) is 4.79 Å². The van der Waals surface area contributed by atoms with Crippen LogP contribution in [0.15, 0.2) is 18.2 Å². The molecule has 0 aromatic heterocycles. The van der Waals surface area contributed by atoms with E-state index in [0.29, 0.717) is 19.5 Å². The summed E-state index contributed by atoms with van der Waals surface area (Å²) in [5.74, 6) is 0.0975. The monoisotopic (exact) mass is 220 g/mol. The Bertz CT molecular complexity index is 361. The standard InChI is InChI=1S/C13H20N2O/c1-4-14-13(16)8-9-15-12-7-5-6-10(2)11(12)3/h5-7,15H,4,8-9H2,1-3H3,(H,14,16). The number of carbonyl (C=O) groups excluding carboxylic acids is 1. The zero-order valence-corrected chi connectivity index (χ0v) is 10.3. The van der Waals surface area contributed by atoms with Crippen molar-refractivity contribution in [2.24, 2.45) is 0 Å². The molecule has 0 aliphatic rings. The summed E-state index contributed by atoms with van der Waals surface area (Å²) in [4.78, 5) is 11.2. The molecule has 3 nitrogen and oxygen atoms in total. The normalized spacial score (nSPS) is 9.94. The van der Waals surface area contributed by atoms with Crippen LogP contribution in [-0.2, 0) is 4.79 Å². The van der Waals surface area contributed by atoms with Crippen molar-refractivity contribution in [2.75, 3.05) is 18.4 Å². The molecule has 0 fully saturated rings. The average Bonchev–Trinajstić information content (AvgIpc) is 2.25. The summed E-state index contributed by atoms with van der Waals surface area (Å²) in [6, 6.07) is 6.15. The summed E-state index contributed by atoms with van der Waals surface area (Å²) in [7, 11) is 0. The lowest BCUT2D eigenvalue weighted by Crippen LogP contribution is -2.24. The lowest BCUT2D eigenvalue weighted by Gasteiger charge is -2.11. The van der Waals surface area contributed by atoms with Gasteiger partial charge in [0.05, 0.1) is 0 Å². The fraction of sp³-hybridized carbons (Fsp3) is 0.462. The number of amides is 1. The highest BCUT2D eigenvalue weighted by molar-refractivity contribution is 5.76. The molecule has 16 heavy (non-hydrogen) atoms. The molecule has 0 atom stereocenters.